The number of alkyl halides is 1. The summed E-state index contributed by atoms with van der Waals surface area (Å²) in [4.78, 5) is 41.7. The van der Waals surface area contributed by atoms with Gasteiger partial charge in [0.15, 0.2) is 5.96 Å². The van der Waals surface area contributed by atoms with Gasteiger partial charge in [0, 0.05) is 55.2 Å². The molecule has 4 rings (SSSR count). The number of sulfonamides is 1. The molecular weight excluding hydrogens is 727 g/mol. The van der Waals surface area contributed by atoms with Crippen LogP contribution >= 0.6 is 23.2 Å². The topological polar surface area (TPSA) is 177 Å². The lowest BCUT2D eigenvalue weighted by Crippen LogP contribution is -2.67. The van der Waals surface area contributed by atoms with E-state index in [0.717, 1.165) is 48.3 Å². The Morgan fingerprint density at radius 1 is 0.981 bits per heavy atom. The highest BCUT2D eigenvalue weighted by Gasteiger charge is 2.48. The molecule has 1 fully saturated rings. The number of carbonyl (C=O) groups excluding carboxylic acids is 2. The number of pyridine rings is 1. The fourth-order valence-corrected chi connectivity index (χ4v) is 7.33. The van der Waals surface area contributed by atoms with Crippen LogP contribution in [0.3, 0.4) is 0 Å². The summed E-state index contributed by atoms with van der Waals surface area (Å²) in [6, 6.07) is 14.9. The van der Waals surface area contributed by atoms with Crippen LogP contribution in [0.2, 0.25) is 5.02 Å². The van der Waals surface area contributed by atoms with Gasteiger partial charge in [0.25, 0.3) is 15.9 Å². The standard InChI is InChI=1S/C36H50Cl2N8O5S/c1-26-12-13-27-10-9-11-30(31(27)42-26)51-25-18-36(4,38)33(48)46(43-52(49,50)29-16-14-28(37)15-17-29)35(2,3)32(47)45-23-21-44(22-24-45)20-8-6-5-7-19-41-34(39)40/h9-17,43H,5-8,18-25H2,1-4H3,(H4,39,40,41). The SMILES string of the molecule is Cc1ccc2cccc(OCCC(C)(Cl)C(=O)N(NS(=O)(=O)c3ccc(Cl)cc3)C(C)(C)C(=O)N3CCN(CCCCCCN=C(N)N)CC3)c2n1. The number of aliphatic imine (C=N–C) groups is 1. The zero-order chi connectivity index (χ0) is 38.1. The quantitative estimate of drug-likeness (QED) is 0.0588. The number of hydrogen-bond acceptors (Lipinski definition) is 8. The summed E-state index contributed by atoms with van der Waals surface area (Å²) >= 11 is 12.9. The molecule has 0 spiro atoms. The Bertz CT molecular complexity index is 1830. The Kier molecular flexibility index (Phi) is 14.1. The van der Waals surface area contributed by atoms with Crippen molar-refractivity contribution in [2.24, 2.45) is 16.5 Å². The van der Waals surface area contributed by atoms with Crippen molar-refractivity contribution < 1.29 is 22.7 Å². The van der Waals surface area contributed by atoms with E-state index >= 15 is 0 Å². The lowest BCUT2D eigenvalue weighted by molar-refractivity contribution is -0.156. The number of rotatable bonds is 17. The number of nitrogens with two attached hydrogens (primary N) is 2. The zero-order valence-electron chi connectivity index (χ0n) is 30.3. The molecule has 284 valence electrons. The molecule has 0 aliphatic carbocycles. The number of unbranched alkanes of at least 4 members (excludes halogenated alkanes) is 3. The first-order valence-electron chi connectivity index (χ1n) is 17.4. The van der Waals surface area contributed by atoms with Crippen LogP contribution < -0.4 is 21.0 Å². The lowest BCUT2D eigenvalue weighted by atomic mass is 9.98. The number of aromatic nitrogens is 1. The normalized spacial score (nSPS) is 15.2. The van der Waals surface area contributed by atoms with Crippen molar-refractivity contribution in [1.82, 2.24) is 24.6 Å². The average Bonchev–Trinajstić information content (AvgIpc) is 3.10. The van der Waals surface area contributed by atoms with E-state index < -0.39 is 32.3 Å². The number of nitrogens with zero attached hydrogens (tertiary/aromatic N) is 5. The number of benzene rings is 2. The zero-order valence-corrected chi connectivity index (χ0v) is 32.6. The number of guanidine groups is 1. The molecule has 2 aromatic carbocycles. The van der Waals surface area contributed by atoms with Crippen molar-refractivity contribution in [2.75, 3.05) is 45.9 Å². The summed E-state index contributed by atoms with van der Waals surface area (Å²) in [7, 11) is -4.35. The van der Waals surface area contributed by atoms with Crippen molar-refractivity contribution in [3.05, 3.63) is 65.3 Å². The van der Waals surface area contributed by atoms with Crippen LogP contribution in [0, 0.1) is 6.92 Å². The number of carbonyl (C=O) groups is 2. The number of aryl methyl sites for hydroxylation is 1. The first-order chi connectivity index (χ1) is 24.5. The maximum Gasteiger partial charge on any atom is 0.259 e. The van der Waals surface area contributed by atoms with Crippen LogP contribution in [-0.2, 0) is 19.6 Å². The molecule has 0 bridgehead atoms. The summed E-state index contributed by atoms with van der Waals surface area (Å²) in [6.45, 7) is 10.1. The molecule has 1 aromatic heterocycles. The summed E-state index contributed by atoms with van der Waals surface area (Å²) in [6.07, 6.45) is 3.97. The maximum absolute atomic E-state index is 14.3. The molecular formula is C36H50Cl2N8O5S. The van der Waals surface area contributed by atoms with E-state index in [4.69, 9.17) is 39.4 Å². The average molecular weight is 778 g/mol. The Hall–Kier alpha value is -3.69. The summed E-state index contributed by atoms with van der Waals surface area (Å²) in [5, 5.41) is 2.09. The van der Waals surface area contributed by atoms with Crippen LogP contribution in [0.15, 0.2) is 64.5 Å². The molecule has 2 heterocycles. The van der Waals surface area contributed by atoms with Crippen molar-refractivity contribution in [3.8, 4) is 5.75 Å². The Labute approximate surface area is 316 Å². The highest BCUT2D eigenvalue weighted by molar-refractivity contribution is 7.89. The fraction of sp³-hybridized carbons (Fsp3) is 0.500. The van der Waals surface area contributed by atoms with Gasteiger partial charge in [0.2, 0.25) is 5.91 Å². The molecule has 1 atom stereocenters. The third kappa shape index (κ3) is 10.9. The van der Waals surface area contributed by atoms with Crippen LogP contribution in [0.25, 0.3) is 10.9 Å². The monoisotopic (exact) mass is 776 g/mol. The number of nitrogens with one attached hydrogen (secondary N) is 1. The van der Waals surface area contributed by atoms with E-state index in [1.54, 1.807) is 11.0 Å². The minimum atomic E-state index is -4.35. The molecule has 5 N–H and O–H groups in total. The van der Waals surface area contributed by atoms with Gasteiger partial charge in [-0.1, -0.05) is 42.6 Å². The highest BCUT2D eigenvalue weighted by Crippen LogP contribution is 2.30. The summed E-state index contributed by atoms with van der Waals surface area (Å²) in [5.41, 5.74) is 10.6. The molecule has 16 heteroatoms. The minimum Gasteiger partial charge on any atom is -0.491 e. The van der Waals surface area contributed by atoms with Crippen LogP contribution in [0.1, 0.15) is 58.6 Å². The Morgan fingerprint density at radius 2 is 1.65 bits per heavy atom. The predicted octanol–water partition coefficient (Wildman–Crippen LogP) is 4.44. The molecule has 0 radical (unpaired) electrons. The summed E-state index contributed by atoms with van der Waals surface area (Å²) < 4.78 is 33.4. The smallest absolute Gasteiger partial charge is 0.259 e. The second-order valence-corrected chi connectivity index (χ2v) is 16.6. The number of amides is 2. The van der Waals surface area contributed by atoms with Gasteiger partial charge >= 0.3 is 0 Å². The van der Waals surface area contributed by atoms with Gasteiger partial charge in [-0.15, -0.1) is 16.4 Å². The van der Waals surface area contributed by atoms with Crippen molar-refractivity contribution >= 4 is 61.9 Å². The maximum atomic E-state index is 14.3. The third-order valence-corrected chi connectivity index (χ3v) is 11.0. The molecule has 1 aliphatic heterocycles. The second kappa shape index (κ2) is 17.9. The summed E-state index contributed by atoms with van der Waals surface area (Å²) in [5.74, 6) is -0.591. The van der Waals surface area contributed by atoms with E-state index in [-0.39, 0.29) is 23.9 Å². The van der Waals surface area contributed by atoms with Crippen LogP contribution in [0.5, 0.6) is 5.75 Å². The second-order valence-electron chi connectivity index (χ2n) is 13.7. The van der Waals surface area contributed by atoms with E-state index in [2.05, 4.69) is 19.7 Å². The van der Waals surface area contributed by atoms with Crippen LogP contribution in [-0.4, -0.2) is 102 Å². The van der Waals surface area contributed by atoms with E-state index in [9.17, 15) is 18.0 Å². The van der Waals surface area contributed by atoms with Gasteiger partial charge in [-0.3, -0.25) is 19.5 Å². The van der Waals surface area contributed by atoms with Crippen molar-refractivity contribution in [3.63, 3.8) is 0 Å². The molecule has 1 unspecified atom stereocenters. The largest absolute Gasteiger partial charge is 0.491 e. The number of piperazine rings is 1. The van der Waals surface area contributed by atoms with Gasteiger partial charge in [-0.2, -0.15) is 0 Å². The third-order valence-electron chi connectivity index (χ3n) is 9.05. The number of fused-ring (bicyclic) bond motifs is 1. The lowest BCUT2D eigenvalue weighted by Gasteiger charge is -2.44. The van der Waals surface area contributed by atoms with E-state index in [1.165, 1.54) is 45.0 Å². The predicted molar refractivity (Wildman–Crippen MR) is 206 cm³/mol. The van der Waals surface area contributed by atoms with Crippen molar-refractivity contribution in [2.45, 2.75) is 75.1 Å². The molecule has 2 amide bonds. The van der Waals surface area contributed by atoms with Gasteiger partial charge < -0.3 is 21.1 Å². The fourth-order valence-electron chi connectivity index (χ4n) is 5.89. The number of hydrogen-bond donors (Lipinski definition) is 3. The van der Waals surface area contributed by atoms with E-state index in [1.807, 2.05) is 31.2 Å². The number of para-hydroxylation sites is 1. The van der Waals surface area contributed by atoms with Gasteiger partial charge in [-0.25, -0.2) is 18.4 Å². The number of hydrazine groups is 1. The first-order valence-corrected chi connectivity index (χ1v) is 19.6. The highest BCUT2D eigenvalue weighted by atomic mass is 35.5. The van der Waals surface area contributed by atoms with Gasteiger partial charge in [0.1, 0.15) is 21.7 Å². The Balaban J connectivity index is 1.46. The number of halogens is 2. The van der Waals surface area contributed by atoms with Gasteiger partial charge in [0.05, 0.1) is 11.5 Å². The van der Waals surface area contributed by atoms with Crippen molar-refractivity contribution in [1.29, 1.82) is 0 Å². The molecule has 1 saturated heterocycles. The van der Waals surface area contributed by atoms with Crippen LogP contribution in [0.4, 0.5) is 0 Å². The van der Waals surface area contributed by atoms with E-state index in [0.29, 0.717) is 49.0 Å². The Morgan fingerprint density at radius 3 is 2.33 bits per heavy atom. The molecule has 52 heavy (non-hydrogen) atoms. The molecule has 0 saturated carbocycles. The molecule has 1 aliphatic rings. The molecule has 3 aromatic rings. The first kappa shape index (κ1) is 41.1. The minimum absolute atomic E-state index is 0.00794. The molecule has 13 nitrogen and oxygen atoms in total. The number of ether oxygens (including phenoxy) is 1. The van der Waals surface area contributed by atoms with Gasteiger partial charge in [-0.05, 0) is 83.5 Å².